The van der Waals surface area contributed by atoms with E-state index in [1.807, 2.05) is 0 Å². The molecule has 0 spiro atoms. The highest BCUT2D eigenvalue weighted by Gasteiger charge is 2.20. The van der Waals surface area contributed by atoms with Crippen LogP contribution in [-0.4, -0.2) is 40.4 Å². The molecule has 1 aliphatic heterocycles. The van der Waals surface area contributed by atoms with Crippen LogP contribution in [-0.2, 0) is 6.42 Å². The minimum absolute atomic E-state index is 0.153. The summed E-state index contributed by atoms with van der Waals surface area (Å²) in [5.41, 5.74) is 0.190. The number of carbonyl (C=O) groups is 1. The van der Waals surface area contributed by atoms with Crippen molar-refractivity contribution in [2.75, 3.05) is 19.8 Å². The first-order valence-corrected chi connectivity index (χ1v) is 10.4. The molecule has 0 unspecified atom stereocenters. The maximum Gasteiger partial charge on any atom is 0.294 e. The predicted molar refractivity (Wildman–Crippen MR) is 120 cm³/mol. The second-order valence-electron chi connectivity index (χ2n) is 7.26. The molecule has 170 valence electrons. The molecule has 1 amide bonds. The van der Waals surface area contributed by atoms with E-state index in [0.29, 0.717) is 41.9 Å². The fourth-order valence-corrected chi connectivity index (χ4v) is 3.75. The summed E-state index contributed by atoms with van der Waals surface area (Å²) < 4.78 is 12.3. The summed E-state index contributed by atoms with van der Waals surface area (Å²) in [5.74, 6) is 0.355. The number of fused-ring (bicyclic) bond motifs is 1. The zero-order chi connectivity index (χ0) is 23.5. The van der Waals surface area contributed by atoms with Gasteiger partial charge in [-0.05, 0) is 37.1 Å². The molecule has 3 aromatic rings. The second kappa shape index (κ2) is 9.29. The van der Waals surface area contributed by atoms with E-state index in [2.05, 4.69) is 10.4 Å². The summed E-state index contributed by atoms with van der Waals surface area (Å²) in [7, 11) is 0. The topological polar surface area (TPSA) is 126 Å². The number of amides is 1. The highest BCUT2D eigenvalue weighted by molar-refractivity contribution is 6.32. The molecular formula is C22H19ClN4O6. The molecule has 33 heavy (non-hydrogen) atoms. The summed E-state index contributed by atoms with van der Waals surface area (Å²) >= 11 is 6.24. The number of nitrogens with zero attached hydrogens (tertiary/aromatic N) is 3. The summed E-state index contributed by atoms with van der Waals surface area (Å²) in [6, 6.07) is 10.7. The van der Waals surface area contributed by atoms with Gasteiger partial charge in [-0.3, -0.25) is 19.7 Å². The van der Waals surface area contributed by atoms with Gasteiger partial charge in [0.25, 0.3) is 11.6 Å². The van der Waals surface area contributed by atoms with E-state index in [0.717, 1.165) is 5.56 Å². The van der Waals surface area contributed by atoms with Crippen molar-refractivity contribution in [2.24, 2.45) is 0 Å². The van der Waals surface area contributed by atoms with Gasteiger partial charge >= 0.3 is 0 Å². The number of hydrogen-bond donors (Lipinski definition) is 1. The Morgan fingerprint density at radius 1 is 1.24 bits per heavy atom. The van der Waals surface area contributed by atoms with Crippen molar-refractivity contribution in [3.63, 3.8) is 0 Å². The molecule has 2 aromatic carbocycles. The van der Waals surface area contributed by atoms with Gasteiger partial charge in [-0.1, -0.05) is 23.7 Å². The quantitative estimate of drug-likeness (QED) is 0.433. The first kappa shape index (κ1) is 22.3. The largest absolute Gasteiger partial charge is 0.486 e. The van der Waals surface area contributed by atoms with Crippen LogP contribution < -0.4 is 20.2 Å². The Bertz CT molecular complexity index is 1310. The van der Waals surface area contributed by atoms with Gasteiger partial charge in [0.05, 0.1) is 9.95 Å². The average Bonchev–Trinajstić information content (AvgIpc) is 2.79. The standard InChI is InChI=1S/C22H19ClN4O6/c1-13-10-18(28)20(25-26(13)16-4-2-3-5-17(16)27(30)31)22(29)24-7-6-14-11-15(23)21-19(12-14)32-8-9-33-21/h2-5,10-12H,6-9H2,1H3,(H,24,29). The minimum Gasteiger partial charge on any atom is -0.486 e. The number of halogens is 1. The third-order valence-corrected chi connectivity index (χ3v) is 5.27. The van der Waals surface area contributed by atoms with E-state index < -0.39 is 16.3 Å². The molecule has 4 rings (SSSR count). The number of nitrogens with one attached hydrogen (secondary N) is 1. The van der Waals surface area contributed by atoms with Crippen molar-refractivity contribution in [1.29, 1.82) is 0 Å². The molecule has 1 aromatic heterocycles. The molecule has 1 N–H and O–H groups in total. The molecule has 10 nitrogen and oxygen atoms in total. The van der Waals surface area contributed by atoms with Crippen LogP contribution in [0.25, 0.3) is 5.69 Å². The Kier molecular flexibility index (Phi) is 6.27. The fraction of sp³-hybridized carbons (Fsp3) is 0.227. The lowest BCUT2D eigenvalue weighted by molar-refractivity contribution is -0.384. The van der Waals surface area contributed by atoms with Crippen LogP contribution in [0.2, 0.25) is 5.02 Å². The monoisotopic (exact) mass is 470 g/mol. The Hall–Kier alpha value is -3.92. The van der Waals surface area contributed by atoms with Gasteiger partial charge in [-0.15, -0.1) is 0 Å². The van der Waals surface area contributed by atoms with Gasteiger partial charge in [-0.25, -0.2) is 4.68 Å². The first-order valence-electron chi connectivity index (χ1n) is 10.1. The Morgan fingerprint density at radius 3 is 2.79 bits per heavy atom. The van der Waals surface area contributed by atoms with Crippen molar-refractivity contribution < 1.29 is 19.2 Å². The van der Waals surface area contributed by atoms with E-state index in [4.69, 9.17) is 21.1 Å². The Balaban J connectivity index is 1.53. The third kappa shape index (κ3) is 4.65. The first-order chi connectivity index (χ1) is 15.8. The van der Waals surface area contributed by atoms with E-state index in [1.54, 1.807) is 25.1 Å². The van der Waals surface area contributed by atoms with Gasteiger partial charge < -0.3 is 14.8 Å². The van der Waals surface area contributed by atoms with Gasteiger partial charge in [0.1, 0.15) is 18.9 Å². The maximum atomic E-state index is 12.7. The van der Waals surface area contributed by atoms with E-state index in [1.165, 1.54) is 28.9 Å². The Morgan fingerprint density at radius 2 is 2.00 bits per heavy atom. The zero-order valence-corrected chi connectivity index (χ0v) is 18.3. The molecule has 2 heterocycles. The molecule has 0 radical (unpaired) electrons. The van der Waals surface area contributed by atoms with Crippen LogP contribution in [0.15, 0.2) is 47.3 Å². The predicted octanol–water partition coefficient (Wildman–Crippen LogP) is 2.85. The number of aryl methyl sites for hydroxylation is 1. The van der Waals surface area contributed by atoms with Gasteiger partial charge in [-0.2, -0.15) is 5.10 Å². The summed E-state index contributed by atoms with van der Waals surface area (Å²) in [5, 5.41) is 18.6. The van der Waals surface area contributed by atoms with Gasteiger partial charge in [0.2, 0.25) is 5.43 Å². The smallest absolute Gasteiger partial charge is 0.294 e. The van der Waals surface area contributed by atoms with E-state index in [9.17, 15) is 19.7 Å². The molecule has 11 heteroatoms. The van der Waals surface area contributed by atoms with Crippen LogP contribution >= 0.6 is 11.6 Å². The van der Waals surface area contributed by atoms with Gasteiger partial charge in [0.15, 0.2) is 17.2 Å². The number of carbonyl (C=O) groups excluding carboxylic acids is 1. The zero-order valence-electron chi connectivity index (χ0n) is 17.5. The second-order valence-corrected chi connectivity index (χ2v) is 7.67. The molecule has 0 saturated heterocycles. The molecule has 1 aliphatic rings. The van der Waals surface area contributed by atoms with Crippen LogP contribution in [0.3, 0.4) is 0 Å². The van der Waals surface area contributed by atoms with Crippen molar-refractivity contribution in [1.82, 2.24) is 15.1 Å². The highest BCUT2D eigenvalue weighted by atomic mass is 35.5. The number of benzene rings is 2. The number of para-hydroxylation sites is 2. The SMILES string of the molecule is Cc1cc(=O)c(C(=O)NCCc2cc(Cl)c3c(c2)OCCO3)nn1-c1ccccc1[N+](=O)[O-]. The van der Waals surface area contributed by atoms with E-state index >= 15 is 0 Å². The molecule has 0 atom stereocenters. The number of nitro benzene ring substituents is 1. The van der Waals surface area contributed by atoms with Crippen molar-refractivity contribution in [3.05, 3.63) is 84.8 Å². The number of nitro groups is 1. The third-order valence-electron chi connectivity index (χ3n) is 4.98. The normalized spacial score (nSPS) is 12.3. The van der Waals surface area contributed by atoms with Crippen molar-refractivity contribution >= 4 is 23.2 Å². The van der Waals surface area contributed by atoms with Crippen LogP contribution in [0.1, 0.15) is 21.7 Å². The van der Waals surface area contributed by atoms with Crippen LogP contribution in [0.4, 0.5) is 5.69 Å². The van der Waals surface area contributed by atoms with Crippen LogP contribution in [0.5, 0.6) is 11.5 Å². The van der Waals surface area contributed by atoms with Crippen molar-refractivity contribution in [3.8, 4) is 17.2 Å². The molecule has 0 saturated carbocycles. The molecular weight excluding hydrogens is 452 g/mol. The maximum absolute atomic E-state index is 12.7. The number of hydrogen-bond acceptors (Lipinski definition) is 7. The highest BCUT2D eigenvalue weighted by Crippen LogP contribution is 2.38. The molecule has 0 fully saturated rings. The summed E-state index contributed by atoms with van der Waals surface area (Å²) in [6.45, 7) is 2.64. The average molecular weight is 471 g/mol. The van der Waals surface area contributed by atoms with E-state index in [-0.39, 0.29) is 23.6 Å². The summed E-state index contributed by atoms with van der Waals surface area (Å²) in [4.78, 5) is 35.9. The molecule has 0 aliphatic carbocycles. The number of ether oxygens (including phenoxy) is 2. The number of aromatic nitrogens is 2. The lowest BCUT2D eigenvalue weighted by Crippen LogP contribution is -2.33. The minimum atomic E-state index is -0.684. The Labute approximate surface area is 192 Å². The van der Waals surface area contributed by atoms with Crippen molar-refractivity contribution in [2.45, 2.75) is 13.3 Å². The summed E-state index contributed by atoms with van der Waals surface area (Å²) in [6.07, 6.45) is 0.423. The number of rotatable bonds is 6. The van der Waals surface area contributed by atoms with Gasteiger partial charge in [0, 0.05) is 24.4 Å². The molecule has 0 bridgehead atoms. The lowest BCUT2D eigenvalue weighted by Gasteiger charge is -2.20. The van der Waals surface area contributed by atoms with Crippen LogP contribution in [0, 0.1) is 17.0 Å². The lowest BCUT2D eigenvalue weighted by atomic mass is 10.1. The fourth-order valence-electron chi connectivity index (χ4n) is 3.46.